The molecule has 0 aromatic heterocycles. The summed E-state index contributed by atoms with van der Waals surface area (Å²) in [4.78, 5) is 115. The summed E-state index contributed by atoms with van der Waals surface area (Å²) >= 11 is 0. The number of carbonyl (C=O) groups is 8. The first kappa shape index (κ1) is 77.7. The van der Waals surface area contributed by atoms with Crippen molar-refractivity contribution in [2.24, 2.45) is 23.7 Å². The maximum Gasteiger partial charge on any atom is 0.328 e. The number of benzene rings is 4. The minimum Gasteiger partial charge on any atom is -0.496 e. The minimum absolute atomic E-state index is 0.0469. The molecular weight excluding hydrogens is 1240 g/mol. The van der Waals surface area contributed by atoms with Crippen molar-refractivity contribution >= 4 is 47.5 Å². The van der Waals surface area contributed by atoms with E-state index in [4.69, 9.17) is 56.8 Å². The van der Waals surface area contributed by atoms with E-state index in [0.29, 0.717) is 44.5 Å². The van der Waals surface area contributed by atoms with Crippen molar-refractivity contribution in [2.75, 3.05) is 83.3 Å². The first-order valence-corrected chi connectivity index (χ1v) is 32.6. The molecule has 24 heteroatoms. The van der Waals surface area contributed by atoms with E-state index in [1.54, 1.807) is 132 Å². The first-order valence-electron chi connectivity index (χ1n) is 32.6. The molecule has 1 aliphatic carbocycles. The van der Waals surface area contributed by atoms with E-state index in [-0.39, 0.29) is 72.4 Å². The van der Waals surface area contributed by atoms with Crippen LogP contribution in [0.5, 0.6) is 46.0 Å². The zero-order valence-corrected chi connectivity index (χ0v) is 59.4. The number of esters is 4. The Morgan fingerprint density at radius 3 is 0.542 bits per heavy atom. The van der Waals surface area contributed by atoms with Gasteiger partial charge in [0, 0.05) is 118 Å². The van der Waals surface area contributed by atoms with E-state index in [1.165, 1.54) is 56.9 Å². The second-order valence-corrected chi connectivity index (χ2v) is 24.5. The molecule has 4 amide bonds. The molecule has 1 aliphatic rings. The molecule has 8 bridgehead atoms. The Morgan fingerprint density at radius 2 is 0.427 bits per heavy atom. The molecule has 96 heavy (non-hydrogen) atoms. The number of hydrogen-bond acceptors (Lipinski definition) is 20. The van der Waals surface area contributed by atoms with Gasteiger partial charge in [-0.2, -0.15) is 0 Å². The Bertz CT molecular complexity index is 2830. The van der Waals surface area contributed by atoms with E-state index in [1.807, 2.05) is 0 Å². The van der Waals surface area contributed by atoms with Crippen LogP contribution in [0.2, 0.25) is 0 Å². The summed E-state index contributed by atoms with van der Waals surface area (Å²) in [7, 11) is 11.5. The molecule has 0 radical (unpaired) electrons. The highest BCUT2D eigenvalue weighted by Crippen LogP contribution is 2.53. The molecule has 0 saturated heterocycles. The molecule has 4 atom stereocenters. The maximum atomic E-state index is 15.2. The number of carbonyl (C=O) groups excluding carboxylic acids is 8. The molecule has 528 valence electrons. The van der Waals surface area contributed by atoms with Crippen molar-refractivity contribution in [1.29, 1.82) is 0 Å². The van der Waals surface area contributed by atoms with E-state index in [9.17, 15) is 19.2 Å². The average Bonchev–Trinajstić information content (AvgIpc) is 0.754. The maximum absolute atomic E-state index is 15.2. The van der Waals surface area contributed by atoms with Gasteiger partial charge in [0.05, 0.1) is 83.3 Å². The van der Waals surface area contributed by atoms with Crippen LogP contribution in [0.25, 0.3) is 0 Å². The second-order valence-electron chi connectivity index (χ2n) is 24.5. The lowest BCUT2D eigenvalue weighted by atomic mass is 9.77. The molecule has 5 rings (SSSR count). The summed E-state index contributed by atoms with van der Waals surface area (Å²) in [6.07, 6.45) is -1.67. The monoisotopic (exact) mass is 1340 g/mol. The van der Waals surface area contributed by atoms with Crippen molar-refractivity contribution in [3.8, 4) is 46.0 Å². The standard InChI is InChI=1S/C72H100N4O20/c1-21-93-69(81)65(37(5)6)73-61(77)29-41-45-25-47(55(87-15)33-53(45)85-13)42(30-62(78)74-66(38(7)8)70(82)94-22-2)49-27-51(59(91-19)35-57(49)89-17)44(32-64(80)76-68(40(11)12)72(84)96-24-4)52-28-50(58(90-18)36-60(52)92-20)43(48-26-46(41)54(86-14)34-56(48)88-16)31-63(79)75-67(39(9)10)71(83)95-23-3/h25-28,33-44,65-68H,21-24,29-32H2,1-20H3,(H,73,77)(H,74,78)(H,75,79)(H,76,80)/t41?,42?,43?,44?,65-,66-,67-,68-/m1/s1. The van der Waals surface area contributed by atoms with Gasteiger partial charge >= 0.3 is 23.9 Å². The van der Waals surface area contributed by atoms with Gasteiger partial charge in [-0.3, -0.25) is 19.2 Å². The number of ether oxygens (including phenoxy) is 12. The Kier molecular flexibility index (Phi) is 29.3. The van der Waals surface area contributed by atoms with Crippen molar-refractivity contribution in [1.82, 2.24) is 21.3 Å². The van der Waals surface area contributed by atoms with Crippen molar-refractivity contribution in [2.45, 2.75) is 157 Å². The van der Waals surface area contributed by atoms with Crippen LogP contribution in [0.3, 0.4) is 0 Å². The molecular formula is C72H100N4O20. The summed E-state index contributed by atoms with van der Waals surface area (Å²) in [5.41, 5.74) is 2.63. The van der Waals surface area contributed by atoms with Crippen LogP contribution in [0, 0.1) is 23.7 Å². The number of methoxy groups -OCH3 is 8. The zero-order valence-electron chi connectivity index (χ0n) is 59.4. The normalized spacial score (nSPS) is 16.2. The van der Waals surface area contributed by atoms with E-state index in [0.717, 1.165) is 0 Å². The molecule has 4 aromatic carbocycles. The Labute approximate surface area is 564 Å². The minimum atomic E-state index is -1.13. The van der Waals surface area contributed by atoms with Crippen LogP contribution in [0.1, 0.15) is 177 Å². The molecule has 0 aliphatic heterocycles. The predicted octanol–water partition coefficient (Wildman–Crippen LogP) is 8.97. The van der Waals surface area contributed by atoms with Gasteiger partial charge < -0.3 is 78.1 Å². The van der Waals surface area contributed by atoms with Crippen LogP contribution in [0.15, 0.2) is 48.5 Å². The Hall–Kier alpha value is -8.96. The molecule has 0 unspecified atom stereocenters. The van der Waals surface area contributed by atoms with Gasteiger partial charge in [-0.15, -0.1) is 0 Å². The van der Waals surface area contributed by atoms with Crippen molar-refractivity contribution < 1.29 is 95.2 Å². The van der Waals surface area contributed by atoms with E-state index in [2.05, 4.69) is 21.3 Å². The Morgan fingerprint density at radius 1 is 0.281 bits per heavy atom. The molecule has 0 saturated carbocycles. The summed E-state index contributed by atoms with van der Waals surface area (Å²) in [6.45, 7) is 21.0. The molecule has 0 spiro atoms. The average molecular weight is 1340 g/mol. The van der Waals surface area contributed by atoms with Gasteiger partial charge in [0.15, 0.2) is 0 Å². The Balaban J connectivity index is 2.17. The lowest BCUT2D eigenvalue weighted by Gasteiger charge is -2.32. The smallest absolute Gasteiger partial charge is 0.328 e. The van der Waals surface area contributed by atoms with Crippen molar-refractivity contribution in [3.63, 3.8) is 0 Å². The first-order chi connectivity index (χ1) is 45.7. The van der Waals surface area contributed by atoms with Crippen molar-refractivity contribution in [3.05, 3.63) is 93.0 Å². The number of nitrogens with one attached hydrogen (secondary N) is 4. The summed E-state index contributed by atoms with van der Waals surface area (Å²) < 4.78 is 72.1. The fraction of sp³-hybridized carbons (Fsp3) is 0.556. The molecule has 24 nitrogen and oxygen atoms in total. The highest BCUT2D eigenvalue weighted by Gasteiger charge is 2.40. The van der Waals surface area contributed by atoms with Crippen LogP contribution >= 0.6 is 0 Å². The third kappa shape index (κ3) is 18.7. The summed E-state index contributed by atoms with van der Waals surface area (Å²) in [5.74, 6) is -9.77. The largest absolute Gasteiger partial charge is 0.496 e. The zero-order chi connectivity index (χ0) is 71.4. The molecule has 0 heterocycles. The van der Waals surface area contributed by atoms with Crippen LogP contribution < -0.4 is 59.2 Å². The fourth-order valence-electron chi connectivity index (χ4n) is 12.1. The topological polar surface area (TPSA) is 295 Å². The SMILES string of the molecule is CCOC(=O)[C@H](NC(=O)CC1c2cc(c(OC)cc2OC)C(CC(=O)N[C@@H](C(=O)OCC)C(C)C)c2cc(c(OC)cc2OC)C(CC(=O)N[C@@H](C(=O)OCC)C(C)C)c2cc(c(OC)cc2OC)C(CC(=O)N[C@@H](C(=O)OCC)C(C)C)c2cc1c(OC)cc2OC)C(C)C. The second kappa shape index (κ2) is 36.2. The molecule has 4 N–H and O–H groups in total. The summed E-state index contributed by atoms with van der Waals surface area (Å²) in [5, 5.41) is 11.7. The molecule has 0 fully saturated rings. The van der Waals surface area contributed by atoms with E-state index < -0.39 is 145 Å². The van der Waals surface area contributed by atoms with Gasteiger partial charge in [0.2, 0.25) is 23.6 Å². The number of amides is 4. The van der Waals surface area contributed by atoms with Crippen LogP contribution in [0.4, 0.5) is 0 Å². The quantitative estimate of drug-likeness (QED) is 0.0262. The highest BCUT2D eigenvalue weighted by atomic mass is 16.6. The van der Waals surface area contributed by atoms with Gasteiger partial charge in [-0.05, 0) is 75.6 Å². The van der Waals surface area contributed by atoms with Gasteiger partial charge in [0.25, 0.3) is 0 Å². The number of fused-ring (bicyclic) bond motifs is 8. The van der Waals surface area contributed by atoms with E-state index >= 15 is 19.2 Å². The summed E-state index contributed by atoms with van der Waals surface area (Å²) in [6, 6.07) is 9.07. The van der Waals surface area contributed by atoms with Crippen LogP contribution in [-0.2, 0) is 57.3 Å². The lowest BCUT2D eigenvalue weighted by molar-refractivity contribution is -0.149. The van der Waals surface area contributed by atoms with Gasteiger partial charge in [0.1, 0.15) is 70.2 Å². The lowest BCUT2D eigenvalue weighted by Crippen LogP contribution is -2.45. The van der Waals surface area contributed by atoms with Gasteiger partial charge in [-0.1, -0.05) is 55.4 Å². The van der Waals surface area contributed by atoms with Crippen LogP contribution in [-0.4, -0.2) is 155 Å². The third-order valence-corrected chi connectivity index (χ3v) is 17.0. The number of hydrogen-bond donors (Lipinski definition) is 4. The predicted molar refractivity (Wildman–Crippen MR) is 358 cm³/mol. The number of rotatable bonds is 32. The van der Waals surface area contributed by atoms with Gasteiger partial charge in [-0.25, -0.2) is 19.2 Å². The third-order valence-electron chi connectivity index (χ3n) is 17.0. The fourth-order valence-corrected chi connectivity index (χ4v) is 12.1. The highest BCUT2D eigenvalue weighted by molar-refractivity contribution is 5.89. The molecule has 4 aromatic rings.